The molecule has 0 radical (unpaired) electrons. The van der Waals surface area contributed by atoms with Crippen molar-refractivity contribution in [2.24, 2.45) is 0 Å². The predicted octanol–water partition coefficient (Wildman–Crippen LogP) is 3.91. The van der Waals surface area contributed by atoms with Gasteiger partial charge in [0.2, 0.25) is 0 Å². The maximum Gasteiger partial charge on any atom is 0.296 e. The highest BCUT2D eigenvalue weighted by atomic mass is 16.5. The molecule has 0 saturated carbocycles. The first-order valence-corrected chi connectivity index (χ1v) is 13.5. The Morgan fingerprint density at radius 1 is 1.16 bits per heavy atom. The van der Waals surface area contributed by atoms with E-state index < -0.39 is 17.2 Å². The van der Waals surface area contributed by atoms with Gasteiger partial charge in [-0.15, -0.1) is 0 Å². The second-order valence-corrected chi connectivity index (χ2v) is 10.6. The van der Waals surface area contributed by atoms with Crippen molar-refractivity contribution >= 4 is 29.0 Å². The van der Waals surface area contributed by atoms with Crippen LogP contribution in [0.15, 0.2) is 48.0 Å². The number of aliphatic hydroxyl groups is 1. The van der Waals surface area contributed by atoms with E-state index in [1.54, 1.807) is 35.2 Å². The summed E-state index contributed by atoms with van der Waals surface area (Å²) in [5.41, 5.74) is 0.561. The molecule has 1 spiro atoms. The summed E-state index contributed by atoms with van der Waals surface area (Å²) >= 11 is 0. The highest BCUT2D eigenvalue weighted by Gasteiger charge is 2.67. The topological polar surface area (TPSA) is 96.4 Å². The Morgan fingerprint density at radius 2 is 1.97 bits per heavy atom. The number of rotatable bonds is 6. The molecule has 3 unspecified atom stereocenters. The zero-order valence-corrected chi connectivity index (χ0v) is 21.7. The standard InChI is InChI=1S/C30H32N2O6/c1-3-4-13-31-23-10-6-5-9-22(23)30(29(31)36)25(27(34)28(35)32(30)17-21-8-7-14-37-21)26(33)19-11-12-24-20(16-19)15-18(2)38-24/h5-6,9-12,16,18,21,33H,3-4,7-8,13-15,17H2,1-2H3/b26-25-. The zero-order chi connectivity index (χ0) is 26.6. The Bertz CT molecular complexity index is 1360. The number of ether oxygens (including phenoxy) is 2. The number of unbranched alkanes of at least 4 members (excludes halogenated alkanes) is 1. The van der Waals surface area contributed by atoms with Crippen molar-refractivity contribution < 1.29 is 29.0 Å². The number of hydrogen-bond acceptors (Lipinski definition) is 6. The summed E-state index contributed by atoms with van der Waals surface area (Å²) < 4.78 is 11.6. The number of carbonyl (C=O) groups is 3. The Morgan fingerprint density at radius 3 is 2.74 bits per heavy atom. The van der Waals surface area contributed by atoms with Gasteiger partial charge in [0.25, 0.3) is 17.6 Å². The largest absolute Gasteiger partial charge is 0.507 e. The average Bonchev–Trinajstić information content (AvgIpc) is 3.66. The van der Waals surface area contributed by atoms with Crippen LogP contribution in [0.4, 0.5) is 5.69 Å². The fourth-order valence-electron chi connectivity index (χ4n) is 6.36. The molecule has 0 aromatic heterocycles. The van der Waals surface area contributed by atoms with Gasteiger partial charge in [-0.05, 0) is 56.0 Å². The van der Waals surface area contributed by atoms with Gasteiger partial charge in [0.05, 0.1) is 17.4 Å². The van der Waals surface area contributed by atoms with Crippen molar-refractivity contribution in [1.29, 1.82) is 0 Å². The number of benzene rings is 2. The summed E-state index contributed by atoms with van der Waals surface area (Å²) in [6.45, 7) is 5.13. The SMILES string of the molecule is CCCCN1C(=O)C2(/C(=C(\O)c3ccc4c(c3)CC(C)O4)C(=O)C(=O)N2CC2CCCO2)c2ccccc21. The zero-order valence-electron chi connectivity index (χ0n) is 21.7. The third kappa shape index (κ3) is 3.50. The van der Waals surface area contributed by atoms with Gasteiger partial charge in [-0.25, -0.2) is 0 Å². The Kier molecular flexibility index (Phi) is 6.02. The van der Waals surface area contributed by atoms with Crippen LogP contribution in [-0.4, -0.2) is 59.5 Å². The first-order chi connectivity index (χ1) is 18.4. The number of amides is 2. The van der Waals surface area contributed by atoms with Gasteiger partial charge < -0.3 is 24.4 Å². The summed E-state index contributed by atoms with van der Waals surface area (Å²) in [4.78, 5) is 45.0. The maximum atomic E-state index is 14.5. The van der Waals surface area contributed by atoms with Gasteiger partial charge in [0, 0.05) is 37.2 Å². The van der Waals surface area contributed by atoms with Crippen LogP contribution in [0.5, 0.6) is 5.75 Å². The molecular formula is C30H32N2O6. The van der Waals surface area contributed by atoms with E-state index in [4.69, 9.17) is 9.47 Å². The smallest absolute Gasteiger partial charge is 0.296 e. The van der Waals surface area contributed by atoms with Crippen molar-refractivity contribution in [3.63, 3.8) is 0 Å². The lowest BCUT2D eigenvalue weighted by Crippen LogP contribution is -2.54. The maximum absolute atomic E-state index is 14.5. The predicted molar refractivity (Wildman–Crippen MR) is 141 cm³/mol. The van der Waals surface area contributed by atoms with E-state index in [2.05, 4.69) is 0 Å². The number of nitrogens with zero attached hydrogens (tertiary/aromatic N) is 2. The lowest BCUT2D eigenvalue weighted by molar-refractivity contribution is -0.145. The minimum absolute atomic E-state index is 0.00777. The van der Waals surface area contributed by atoms with Crippen molar-refractivity contribution in [2.45, 2.75) is 63.7 Å². The molecule has 2 amide bonds. The third-order valence-corrected chi connectivity index (χ3v) is 8.12. The second kappa shape index (κ2) is 9.27. The lowest BCUT2D eigenvalue weighted by atomic mass is 9.81. The molecule has 198 valence electrons. The van der Waals surface area contributed by atoms with Crippen molar-refractivity contribution in [3.05, 3.63) is 64.7 Å². The number of anilines is 1. The molecule has 0 aliphatic carbocycles. The number of fused-ring (bicyclic) bond motifs is 3. The number of aliphatic hydroxyl groups excluding tert-OH is 1. The van der Waals surface area contributed by atoms with E-state index in [0.717, 1.165) is 37.0 Å². The fourth-order valence-corrected chi connectivity index (χ4v) is 6.36. The molecule has 4 aliphatic heterocycles. The van der Waals surface area contributed by atoms with Gasteiger partial charge >= 0.3 is 0 Å². The number of Topliss-reactive ketones (excluding diaryl/α,β-unsaturated/α-hetero) is 1. The monoisotopic (exact) mass is 516 g/mol. The van der Waals surface area contributed by atoms with Gasteiger partial charge in [-0.1, -0.05) is 31.5 Å². The van der Waals surface area contributed by atoms with Crippen LogP contribution < -0.4 is 9.64 Å². The molecule has 0 bridgehead atoms. The van der Waals surface area contributed by atoms with E-state index in [-0.39, 0.29) is 36.0 Å². The van der Waals surface area contributed by atoms with Crippen molar-refractivity contribution in [1.82, 2.24) is 4.90 Å². The third-order valence-electron chi connectivity index (χ3n) is 8.12. The molecule has 4 aliphatic rings. The van der Waals surface area contributed by atoms with E-state index in [9.17, 15) is 19.5 Å². The minimum atomic E-state index is -1.75. The highest BCUT2D eigenvalue weighted by molar-refractivity contribution is 6.50. The van der Waals surface area contributed by atoms with Crippen molar-refractivity contribution in [2.75, 3.05) is 24.6 Å². The van der Waals surface area contributed by atoms with Crippen LogP contribution in [0.3, 0.4) is 0 Å². The Labute approximate surface area is 221 Å². The highest BCUT2D eigenvalue weighted by Crippen LogP contribution is 2.54. The van der Waals surface area contributed by atoms with Crippen LogP contribution in [0.1, 0.15) is 56.2 Å². The molecule has 6 rings (SSSR count). The molecule has 4 heterocycles. The van der Waals surface area contributed by atoms with E-state index in [1.165, 1.54) is 4.90 Å². The van der Waals surface area contributed by atoms with Gasteiger partial charge in [-0.3, -0.25) is 14.4 Å². The van der Waals surface area contributed by atoms with Crippen LogP contribution in [0.25, 0.3) is 5.76 Å². The number of para-hydroxylation sites is 1. The number of carbonyl (C=O) groups excluding carboxylic acids is 3. The summed E-state index contributed by atoms with van der Waals surface area (Å²) in [7, 11) is 0. The molecule has 2 fully saturated rings. The van der Waals surface area contributed by atoms with Gasteiger partial charge in [0.1, 0.15) is 17.6 Å². The molecular weight excluding hydrogens is 484 g/mol. The first-order valence-electron chi connectivity index (χ1n) is 13.5. The molecule has 3 atom stereocenters. The lowest BCUT2D eigenvalue weighted by Gasteiger charge is -2.35. The summed E-state index contributed by atoms with van der Waals surface area (Å²) in [6.07, 6.45) is 3.61. The van der Waals surface area contributed by atoms with Crippen molar-refractivity contribution in [3.8, 4) is 5.75 Å². The van der Waals surface area contributed by atoms with Crippen LogP contribution in [-0.2, 0) is 31.1 Å². The van der Waals surface area contributed by atoms with Crippen LogP contribution >= 0.6 is 0 Å². The quantitative estimate of drug-likeness (QED) is 0.355. The number of likely N-dealkylation sites (tertiary alicyclic amines) is 1. The Balaban J connectivity index is 1.57. The van der Waals surface area contributed by atoms with E-state index >= 15 is 0 Å². The minimum Gasteiger partial charge on any atom is -0.507 e. The number of ketones is 1. The van der Waals surface area contributed by atoms with Gasteiger partial charge in [-0.2, -0.15) is 0 Å². The molecule has 8 nitrogen and oxygen atoms in total. The fraction of sp³-hybridized carbons (Fsp3) is 0.433. The van der Waals surface area contributed by atoms with Gasteiger partial charge in [0.15, 0.2) is 5.54 Å². The summed E-state index contributed by atoms with van der Waals surface area (Å²) in [5.74, 6) is -1.65. The molecule has 8 heteroatoms. The first kappa shape index (κ1) is 24.7. The molecule has 38 heavy (non-hydrogen) atoms. The molecule has 2 saturated heterocycles. The molecule has 1 N–H and O–H groups in total. The molecule has 2 aromatic rings. The Hall–Kier alpha value is -3.65. The normalized spacial score (nSPS) is 27.4. The van der Waals surface area contributed by atoms with E-state index in [1.807, 2.05) is 26.0 Å². The summed E-state index contributed by atoms with van der Waals surface area (Å²) in [6, 6.07) is 12.5. The van der Waals surface area contributed by atoms with Crippen LogP contribution in [0, 0.1) is 0 Å². The second-order valence-electron chi connectivity index (χ2n) is 10.6. The summed E-state index contributed by atoms with van der Waals surface area (Å²) in [5, 5.41) is 11.8. The molecule has 2 aromatic carbocycles. The average molecular weight is 517 g/mol. The van der Waals surface area contributed by atoms with E-state index in [0.29, 0.717) is 36.4 Å². The number of hydrogen-bond donors (Lipinski definition) is 1. The van der Waals surface area contributed by atoms with Crippen LogP contribution in [0.2, 0.25) is 0 Å².